The van der Waals surface area contributed by atoms with Crippen LogP contribution in [0, 0.1) is 0 Å². The van der Waals surface area contributed by atoms with Crippen LogP contribution in [0.5, 0.6) is 0 Å². The van der Waals surface area contributed by atoms with Crippen LogP contribution in [0.1, 0.15) is 55.2 Å². The third-order valence-electron chi connectivity index (χ3n) is 1.46. The van der Waals surface area contributed by atoms with Gasteiger partial charge < -0.3 is 2.85 Å². The summed E-state index contributed by atoms with van der Waals surface area (Å²) >= 11 is 0. The Bertz CT molecular complexity index is 40.0. The normalized spacial score (nSPS) is 7.80. The molecule has 54 valence electrons. The molecule has 0 N–H and O–H groups in total. The van der Waals surface area contributed by atoms with Crippen LogP contribution in [0.25, 0.3) is 0 Å². The van der Waals surface area contributed by atoms with E-state index < -0.39 is 0 Å². The van der Waals surface area contributed by atoms with Gasteiger partial charge >= 0.3 is 59.1 Å². The van der Waals surface area contributed by atoms with Crippen molar-refractivity contribution in [3.8, 4) is 0 Å². The molecule has 0 nitrogen and oxygen atoms in total. The Balaban J connectivity index is -0.0000000408. The third-order valence-corrected chi connectivity index (χ3v) is 1.46. The summed E-state index contributed by atoms with van der Waals surface area (Å²) in [6, 6.07) is 0. The Labute approximate surface area is 113 Å². The molecule has 0 aromatic heterocycles. The molecular weight excluding hydrogens is 142 g/mol. The second-order valence-electron chi connectivity index (χ2n) is 2.41. The Morgan fingerprint density at radius 2 is 1.00 bits per heavy atom. The van der Waals surface area contributed by atoms with Crippen molar-refractivity contribution in [2.75, 3.05) is 0 Å². The monoisotopic (exact) mass is 162 g/mol. The fourth-order valence-electron chi connectivity index (χ4n) is 0.854. The van der Waals surface area contributed by atoms with Gasteiger partial charge in [0.25, 0.3) is 0 Å². The van der Waals surface area contributed by atoms with E-state index in [9.17, 15) is 0 Å². The predicted molar refractivity (Wildman–Crippen MR) is 41.3 cm³/mol. The van der Waals surface area contributed by atoms with Crippen LogP contribution in [-0.4, -0.2) is 0 Å². The maximum atomic E-state index is 2.26. The summed E-state index contributed by atoms with van der Waals surface area (Å²) < 4.78 is 0. The summed E-state index contributed by atoms with van der Waals surface area (Å²) in [5.74, 6) is 0. The predicted octanol–water partition coefficient (Wildman–Crippen LogP) is -2.40. The van der Waals surface area contributed by atoms with Gasteiger partial charge in [0, 0.05) is 0 Å². The smallest absolute Gasteiger partial charge is 1.00 e. The molecular formula is C8H20Na2. The van der Waals surface area contributed by atoms with E-state index in [2.05, 4.69) is 13.8 Å². The van der Waals surface area contributed by atoms with Crippen molar-refractivity contribution in [3.63, 3.8) is 0 Å². The Morgan fingerprint density at radius 3 is 1.20 bits per heavy atom. The molecule has 0 amide bonds. The van der Waals surface area contributed by atoms with E-state index in [1.807, 2.05) is 0 Å². The van der Waals surface area contributed by atoms with Crippen LogP contribution in [0.3, 0.4) is 0 Å². The first kappa shape index (κ1) is 17.9. The van der Waals surface area contributed by atoms with Gasteiger partial charge in [-0.15, -0.1) is 0 Å². The maximum Gasteiger partial charge on any atom is 1.00 e. The molecule has 0 aromatic rings. The first-order valence-corrected chi connectivity index (χ1v) is 3.91. The molecule has 0 atom stereocenters. The molecule has 2 heteroatoms. The minimum absolute atomic E-state index is 0. The fourth-order valence-corrected chi connectivity index (χ4v) is 0.854. The van der Waals surface area contributed by atoms with Crippen molar-refractivity contribution >= 4 is 0 Å². The molecule has 0 spiro atoms. The molecule has 0 fully saturated rings. The van der Waals surface area contributed by atoms with E-state index in [1.54, 1.807) is 0 Å². The van der Waals surface area contributed by atoms with Crippen LogP contribution in [0.4, 0.5) is 0 Å². The number of rotatable bonds is 5. The Morgan fingerprint density at radius 1 is 0.700 bits per heavy atom. The van der Waals surface area contributed by atoms with Gasteiger partial charge in [-0.25, -0.2) is 0 Å². The van der Waals surface area contributed by atoms with E-state index in [1.165, 1.54) is 38.5 Å². The van der Waals surface area contributed by atoms with Crippen molar-refractivity contribution in [2.45, 2.75) is 52.4 Å². The van der Waals surface area contributed by atoms with Gasteiger partial charge in [-0.2, -0.15) is 0 Å². The van der Waals surface area contributed by atoms with Gasteiger partial charge in [-0.05, 0) is 0 Å². The Kier molecular flexibility index (Phi) is 30.8. The number of hydrogen-bond donors (Lipinski definition) is 0. The van der Waals surface area contributed by atoms with Crippen molar-refractivity contribution < 1.29 is 62.0 Å². The first-order valence-electron chi connectivity index (χ1n) is 3.91. The molecule has 0 unspecified atom stereocenters. The van der Waals surface area contributed by atoms with Crippen LogP contribution < -0.4 is 59.1 Å². The SMILES string of the molecule is CCCCCCCC.[H-].[H-].[Na+].[Na+]. The molecule has 0 heterocycles. The zero-order valence-electron chi connectivity index (χ0n) is 10.2. The molecule has 0 aliphatic heterocycles. The zero-order chi connectivity index (χ0) is 6.24. The molecule has 0 saturated heterocycles. The fraction of sp³-hybridized carbons (Fsp3) is 1.00. The largest absolute Gasteiger partial charge is 1.00 e. The summed E-state index contributed by atoms with van der Waals surface area (Å²) in [6.45, 7) is 4.51. The molecule has 0 aliphatic carbocycles. The van der Waals surface area contributed by atoms with E-state index in [4.69, 9.17) is 0 Å². The van der Waals surface area contributed by atoms with E-state index >= 15 is 0 Å². The standard InChI is InChI=1S/C8H18.2Na.2H/c1-3-5-7-8-6-4-2;;;;/h3-8H2,1-2H3;;;;/q;2*+1;2*-1. The van der Waals surface area contributed by atoms with Crippen LogP contribution >= 0.6 is 0 Å². The third kappa shape index (κ3) is 16.5. The summed E-state index contributed by atoms with van der Waals surface area (Å²) in [5.41, 5.74) is 0. The quantitative estimate of drug-likeness (QED) is 0.312. The zero-order valence-corrected chi connectivity index (χ0v) is 12.2. The van der Waals surface area contributed by atoms with Gasteiger partial charge in [0.15, 0.2) is 0 Å². The van der Waals surface area contributed by atoms with E-state index in [-0.39, 0.29) is 62.0 Å². The van der Waals surface area contributed by atoms with Crippen LogP contribution in [0.15, 0.2) is 0 Å². The van der Waals surface area contributed by atoms with Crippen molar-refractivity contribution in [1.82, 2.24) is 0 Å². The minimum atomic E-state index is 0. The van der Waals surface area contributed by atoms with Gasteiger partial charge in [0.1, 0.15) is 0 Å². The van der Waals surface area contributed by atoms with E-state index in [0.29, 0.717) is 0 Å². The van der Waals surface area contributed by atoms with Gasteiger partial charge in [0.05, 0.1) is 0 Å². The van der Waals surface area contributed by atoms with Crippen molar-refractivity contribution in [1.29, 1.82) is 0 Å². The minimum Gasteiger partial charge on any atom is -1.00 e. The molecule has 10 heavy (non-hydrogen) atoms. The second-order valence-corrected chi connectivity index (χ2v) is 2.41. The van der Waals surface area contributed by atoms with Gasteiger partial charge in [0.2, 0.25) is 0 Å². The molecule has 0 bridgehead atoms. The van der Waals surface area contributed by atoms with E-state index in [0.717, 1.165) is 0 Å². The van der Waals surface area contributed by atoms with Crippen LogP contribution in [0.2, 0.25) is 0 Å². The molecule has 0 aromatic carbocycles. The first-order chi connectivity index (χ1) is 3.91. The van der Waals surface area contributed by atoms with Crippen molar-refractivity contribution in [2.24, 2.45) is 0 Å². The summed E-state index contributed by atoms with van der Waals surface area (Å²) in [4.78, 5) is 0. The topological polar surface area (TPSA) is 0 Å². The summed E-state index contributed by atoms with van der Waals surface area (Å²) in [5, 5.41) is 0. The van der Waals surface area contributed by atoms with Gasteiger partial charge in [-0.3, -0.25) is 0 Å². The number of hydrogen-bond acceptors (Lipinski definition) is 0. The molecule has 0 rings (SSSR count). The summed E-state index contributed by atoms with van der Waals surface area (Å²) in [6.07, 6.45) is 8.49. The molecule has 0 aliphatic rings. The Hall–Kier alpha value is 2.00. The maximum absolute atomic E-state index is 2.26. The average molecular weight is 162 g/mol. The summed E-state index contributed by atoms with van der Waals surface area (Å²) in [7, 11) is 0. The number of unbranched alkanes of at least 4 members (excludes halogenated alkanes) is 5. The van der Waals surface area contributed by atoms with Crippen LogP contribution in [-0.2, 0) is 0 Å². The molecule has 0 saturated carbocycles. The second kappa shape index (κ2) is 17.2. The van der Waals surface area contributed by atoms with Gasteiger partial charge in [-0.1, -0.05) is 52.4 Å². The average Bonchev–Trinajstić information content (AvgIpc) is 1.81. The van der Waals surface area contributed by atoms with Crippen molar-refractivity contribution in [3.05, 3.63) is 0 Å². The molecule has 0 radical (unpaired) electrons.